The lowest BCUT2D eigenvalue weighted by atomic mass is 9.79. The van der Waals surface area contributed by atoms with Gasteiger partial charge in [0.25, 0.3) is 0 Å². The highest BCUT2D eigenvalue weighted by Gasteiger charge is 2.26. The van der Waals surface area contributed by atoms with Crippen LogP contribution in [-0.4, -0.2) is 10.00 Å². The zero-order valence-corrected chi connectivity index (χ0v) is 16.4. The van der Waals surface area contributed by atoms with Gasteiger partial charge in [0.05, 0.1) is 5.76 Å². The molecule has 0 aromatic heterocycles. The summed E-state index contributed by atoms with van der Waals surface area (Å²) >= 11 is 0. The van der Waals surface area contributed by atoms with E-state index >= 15 is 0 Å². The first-order chi connectivity index (χ1) is 12.8. The van der Waals surface area contributed by atoms with Crippen molar-refractivity contribution < 1.29 is 23.6 Å². The van der Waals surface area contributed by atoms with Crippen LogP contribution in [0.5, 0.6) is 11.5 Å². The molecule has 0 heterocycles. The van der Waals surface area contributed by atoms with Gasteiger partial charge in [-0.15, -0.1) is 0 Å². The summed E-state index contributed by atoms with van der Waals surface area (Å²) in [5, 5.41) is 9.44. The van der Waals surface area contributed by atoms with E-state index in [9.17, 15) is 14.6 Å². The Kier molecular flexibility index (Phi) is 7.28. The van der Waals surface area contributed by atoms with Crippen molar-refractivity contribution in [2.45, 2.75) is 26.7 Å². The van der Waals surface area contributed by atoms with Crippen LogP contribution in [0.1, 0.15) is 26.7 Å². The number of hydrogen-bond donors (Lipinski definition) is 2. The molecule has 0 aliphatic heterocycles. The first-order valence-corrected chi connectivity index (χ1v) is 10.2. The number of phosphoric ester groups is 1. The minimum absolute atomic E-state index is 0.00868. The van der Waals surface area contributed by atoms with Gasteiger partial charge in [-0.05, 0) is 43.2 Å². The third kappa shape index (κ3) is 6.63. The van der Waals surface area contributed by atoms with Crippen molar-refractivity contribution in [1.82, 2.24) is 0 Å². The van der Waals surface area contributed by atoms with Crippen LogP contribution in [0.2, 0.25) is 0 Å². The number of hydrogen-bond acceptors (Lipinski definition) is 4. The molecule has 27 heavy (non-hydrogen) atoms. The van der Waals surface area contributed by atoms with Crippen molar-refractivity contribution in [3.8, 4) is 11.5 Å². The van der Waals surface area contributed by atoms with E-state index in [1.807, 2.05) is 6.08 Å². The molecule has 0 spiro atoms. The molecule has 0 fully saturated rings. The van der Waals surface area contributed by atoms with Gasteiger partial charge in [0.15, 0.2) is 0 Å². The number of phosphoric acid groups is 1. The van der Waals surface area contributed by atoms with Crippen molar-refractivity contribution in [2.24, 2.45) is 5.41 Å². The van der Waals surface area contributed by atoms with E-state index in [4.69, 9.17) is 9.05 Å². The molecule has 0 bridgehead atoms. The molecule has 0 amide bonds. The predicted molar refractivity (Wildman–Crippen MR) is 107 cm³/mol. The number of aliphatic hydroxyl groups is 1. The Bertz CT molecular complexity index is 771. The third-order valence-electron chi connectivity index (χ3n) is 4.29. The highest BCUT2D eigenvalue weighted by atomic mass is 31.2. The van der Waals surface area contributed by atoms with Crippen molar-refractivity contribution in [2.75, 3.05) is 0 Å². The van der Waals surface area contributed by atoms with E-state index in [1.165, 1.54) is 0 Å². The molecule has 0 saturated heterocycles. The summed E-state index contributed by atoms with van der Waals surface area (Å²) in [7, 11) is -4.14. The van der Waals surface area contributed by atoms with Crippen LogP contribution in [0.25, 0.3) is 0 Å². The molecule has 1 aliphatic carbocycles. The lowest BCUT2D eigenvalue weighted by molar-refractivity contribution is 0.229. The number of aliphatic hydroxyl groups excluding tert-OH is 1. The summed E-state index contributed by atoms with van der Waals surface area (Å²) in [6.45, 7) is 4.19. The lowest BCUT2D eigenvalue weighted by Crippen LogP contribution is -2.18. The average Bonchev–Trinajstić information content (AvgIpc) is 2.66. The van der Waals surface area contributed by atoms with E-state index in [1.54, 1.807) is 66.7 Å². The topological polar surface area (TPSA) is 76.0 Å². The van der Waals surface area contributed by atoms with Gasteiger partial charge in [-0.3, -0.25) is 4.89 Å². The molecule has 2 N–H and O–H groups in total. The van der Waals surface area contributed by atoms with E-state index in [-0.39, 0.29) is 16.9 Å². The van der Waals surface area contributed by atoms with Gasteiger partial charge in [-0.2, -0.15) is 0 Å². The van der Waals surface area contributed by atoms with Crippen molar-refractivity contribution in [3.05, 3.63) is 84.7 Å². The van der Waals surface area contributed by atoms with Crippen LogP contribution in [0.4, 0.5) is 0 Å². The van der Waals surface area contributed by atoms with E-state index in [0.29, 0.717) is 5.76 Å². The zero-order chi connectivity index (χ0) is 19.8. The highest BCUT2D eigenvalue weighted by molar-refractivity contribution is 7.48. The summed E-state index contributed by atoms with van der Waals surface area (Å²) in [5.41, 5.74) is 0.00868. The second kappa shape index (κ2) is 9.45. The van der Waals surface area contributed by atoms with Crippen LogP contribution in [0.15, 0.2) is 84.7 Å². The van der Waals surface area contributed by atoms with Crippen molar-refractivity contribution in [1.29, 1.82) is 0 Å². The smallest absolute Gasteiger partial charge is 0.512 e. The van der Waals surface area contributed by atoms with Gasteiger partial charge in [0.2, 0.25) is 0 Å². The van der Waals surface area contributed by atoms with Gasteiger partial charge in [-0.25, -0.2) is 4.57 Å². The maximum Gasteiger partial charge on any atom is 0.584 e. The maximum absolute atomic E-state index is 11.7. The minimum Gasteiger partial charge on any atom is -0.512 e. The fraction of sp³-hybridized carbons (Fsp3) is 0.238. The number of benzene rings is 2. The Morgan fingerprint density at radius 1 is 1.00 bits per heavy atom. The SMILES string of the molecule is CCC1(C)CC=CC=C1O.O=P(O)(Oc1ccccc1)Oc1ccccc1. The molecular formula is C21H25O5P. The molecule has 6 heteroatoms. The fourth-order valence-electron chi connectivity index (χ4n) is 2.37. The largest absolute Gasteiger partial charge is 0.584 e. The Balaban J connectivity index is 0.000000223. The van der Waals surface area contributed by atoms with Gasteiger partial charge < -0.3 is 14.2 Å². The number of rotatable bonds is 5. The van der Waals surface area contributed by atoms with E-state index < -0.39 is 7.82 Å². The highest BCUT2D eigenvalue weighted by Crippen LogP contribution is 2.44. The van der Waals surface area contributed by atoms with Crippen molar-refractivity contribution in [3.63, 3.8) is 0 Å². The maximum atomic E-state index is 11.7. The second-order valence-corrected chi connectivity index (χ2v) is 7.68. The molecule has 0 saturated carbocycles. The first kappa shape index (κ1) is 20.8. The molecule has 1 aliphatic rings. The standard InChI is InChI=1S/C12H11O4P.C9H14O/c13-17(14,15-11-7-3-1-4-8-11)16-12-9-5-2-6-10-12;1-3-9(2)7-5-4-6-8(9)10/h1-10H,(H,13,14);4-6,10H,3,7H2,1-2H3. The van der Waals surface area contributed by atoms with Gasteiger partial charge in [-0.1, -0.05) is 62.4 Å². The monoisotopic (exact) mass is 388 g/mol. The Morgan fingerprint density at radius 2 is 1.48 bits per heavy atom. The molecule has 144 valence electrons. The summed E-state index contributed by atoms with van der Waals surface area (Å²) in [5.74, 6) is 1.10. The predicted octanol–water partition coefficient (Wildman–Crippen LogP) is 6.05. The molecule has 3 rings (SSSR count). The van der Waals surface area contributed by atoms with Crippen LogP contribution in [0.3, 0.4) is 0 Å². The normalized spacial score (nSPS) is 18.7. The minimum atomic E-state index is -4.14. The van der Waals surface area contributed by atoms with Gasteiger partial charge in [0.1, 0.15) is 11.5 Å². The molecule has 2 aromatic rings. The fourth-order valence-corrected chi connectivity index (χ4v) is 3.18. The lowest BCUT2D eigenvalue weighted by Gasteiger charge is -2.27. The van der Waals surface area contributed by atoms with Crippen LogP contribution in [0, 0.1) is 5.41 Å². The number of para-hydroxylation sites is 2. The van der Waals surface area contributed by atoms with Crippen LogP contribution >= 0.6 is 7.82 Å². The Labute approximate surface area is 160 Å². The molecular weight excluding hydrogens is 363 g/mol. The van der Waals surface area contributed by atoms with E-state index in [0.717, 1.165) is 12.8 Å². The molecule has 0 radical (unpaired) electrons. The summed E-state index contributed by atoms with van der Waals surface area (Å²) < 4.78 is 21.5. The summed E-state index contributed by atoms with van der Waals surface area (Å²) in [6.07, 6.45) is 7.76. The van der Waals surface area contributed by atoms with E-state index in [2.05, 4.69) is 19.9 Å². The zero-order valence-electron chi connectivity index (χ0n) is 15.5. The molecule has 5 nitrogen and oxygen atoms in total. The average molecular weight is 388 g/mol. The van der Waals surface area contributed by atoms with Gasteiger partial charge in [0, 0.05) is 5.41 Å². The summed E-state index contributed by atoms with van der Waals surface area (Å²) in [6, 6.07) is 16.7. The molecule has 2 aromatic carbocycles. The van der Waals surface area contributed by atoms with Crippen LogP contribution < -0.4 is 9.05 Å². The Morgan fingerprint density at radius 3 is 1.85 bits per heavy atom. The second-order valence-electron chi connectivity index (χ2n) is 6.38. The van der Waals surface area contributed by atoms with Crippen molar-refractivity contribution >= 4 is 7.82 Å². The van der Waals surface area contributed by atoms with Gasteiger partial charge >= 0.3 is 7.82 Å². The molecule has 1 atom stereocenters. The quantitative estimate of drug-likeness (QED) is 0.610. The molecule has 1 unspecified atom stereocenters. The third-order valence-corrected chi connectivity index (χ3v) is 5.17. The number of allylic oxidation sites excluding steroid dienone is 4. The van der Waals surface area contributed by atoms with Crippen LogP contribution in [-0.2, 0) is 4.57 Å². The Hall–Kier alpha value is -2.49. The summed E-state index contributed by atoms with van der Waals surface area (Å²) in [4.78, 5) is 9.53. The first-order valence-electron chi connectivity index (χ1n) is 8.73.